The van der Waals surface area contributed by atoms with Crippen LogP contribution in [0.5, 0.6) is 0 Å². The number of carbonyl (C=O) groups excluding carboxylic acids is 3. The Balaban J connectivity index is 1.30. The number of piperazine rings is 1. The topological polar surface area (TPSA) is 141 Å². The van der Waals surface area contributed by atoms with Gasteiger partial charge in [-0.3, -0.25) is 19.2 Å². The van der Waals surface area contributed by atoms with Crippen LogP contribution in [0.15, 0.2) is 47.3 Å². The van der Waals surface area contributed by atoms with Gasteiger partial charge in [-0.1, -0.05) is 24.3 Å². The van der Waals surface area contributed by atoms with E-state index in [9.17, 15) is 23.6 Å². The zero-order valence-electron chi connectivity index (χ0n) is 22.5. The number of hydrogen-bond donors (Lipinski definition) is 3. The average Bonchev–Trinajstić information content (AvgIpc) is 2.97. The highest BCUT2D eigenvalue weighted by atomic mass is 19.1. The first kappa shape index (κ1) is 28.9. The smallest absolute Gasteiger partial charge is 0.272 e. The lowest BCUT2D eigenvalue weighted by Gasteiger charge is -2.35. The largest absolute Gasteiger partial charge is 0.356 e. The maximum absolute atomic E-state index is 14.7. The molecule has 0 aliphatic carbocycles. The van der Waals surface area contributed by atoms with Gasteiger partial charge in [0, 0.05) is 57.4 Å². The first-order valence-corrected chi connectivity index (χ1v) is 13.7. The van der Waals surface area contributed by atoms with Gasteiger partial charge >= 0.3 is 0 Å². The predicted octanol–water partition coefficient (Wildman–Crippen LogP) is 1.96. The molecule has 1 aromatic heterocycles. The predicted molar refractivity (Wildman–Crippen MR) is 149 cm³/mol. The van der Waals surface area contributed by atoms with Crippen molar-refractivity contribution >= 4 is 28.5 Å². The van der Waals surface area contributed by atoms with E-state index in [0.717, 1.165) is 12.8 Å². The molecule has 1 saturated heterocycles. The summed E-state index contributed by atoms with van der Waals surface area (Å²) < 4.78 is 14.7. The van der Waals surface area contributed by atoms with Crippen LogP contribution in [-0.2, 0) is 16.0 Å². The standard InChI is InChI=1S/C29H35FN6O4/c30-24-11-10-20(19-25-21-6-1-2-7-22(21)28(39)34-33-25)18-23(24)29(40)36-16-14-35(15-17-36)27(38)9-5-8-26(37)32-13-4-3-12-31/h1-2,6-7,10-11,18H,3-5,8-9,12-17,19,31H2,(H,32,37)(H,34,39). The number of aromatic amines is 1. The van der Waals surface area contributed by atoms with Gasteiger partial charge in [0.15, 0.2) is 0 Å². The third kappa shape index (κ3) is 7.29. The van der Waals surface area contributed by atoms with E-state index in [4.69, 9.17) is 5.73 Å². The van der Waals surface area contributed by atoms with Gasteiger partial charge in [-0.05, 0) is 49.6 Å². The van der Waals surface area contributed by atoms with Crippen molar-refractivity contribution in [1.82, 2.24) is 25.3 Å². The summed E-state index contributed by atoms with van der Waals surface area (Å²) in [6, 6.07) is 11.5. The average molecular weight is 551 g/mol. The van der Waals surface area contributed by atoms with E-state index >= 15 is 0 Å². The van der Waals surface area contributed by atoms with Gasteiger partial charge in [-0.2, -0.15) is 5.10 Å². The Kier molecular flexibility index (Phi) is 9.96. The van der Waals surface area contributed by atoms with Crippen LogP contribution in [-0.4, -0.2) is 77.0 Å². The number of halogens is 1. The molecule has 212 valence electrons. The number of benzene rings is 2. The summed E-state index contributed by atoms with van der Waals surface area (Å²) >= 11 is 0. The second kappa shape index (κ2) is 13.8. The van der Waals surface area contributed by atoms with E-state index in [2.05, 4.69) is 15.5 Å². The molecule has 1 aliphatic rings. The van der Waals surface area contributed by atoms with Crippen molar-refractivity contribution < 1.29 is 18.8 Å². The molecule has 3 amide bonds. The lowest BCUT2D eigenvalue weighted by molar-refractivity contribution is -0.132. The van der Waals surface area contributed by atoms with Gasteiger partial charge in [-0.25, -0.2) is 9.49 Å². The zero-order valence-corrected chi connectivity index (χ0v) is 22.5. The minimum absolute atomic E-state index is 0.0384. The van der Waals surface area contributed by atoms with E-state index in [1.165, 1.54) is 12.1 Å². The number of unbranched alkanes of at least 4 members (excludes halogenated alkanes) is 1. The van der Waals surface area contributed by atoms with Crippen LogP contribution in [0, 0.1) is 5.82 Å². The molecule has 0 bridgehead atoms. The number of nitrogens with one attached hydrogen (secondary N) is 2. The zero-order chi connectivity index (χ0) is 28.5. The van der Waals surface area contributed by atoms with Crippen molar-refractivity contribution in [3.63, 3.8) is 0 Å². The number of nitrogens with zero attached hydrogens (tertiary/aromatic N) is 3. The molecule has 10 nitrogen and oxygen atoms in total. The van der Waals surface area contributed by atoms with Crippen molar-refractivity contribution in [3.8, 4) is 0 Å². The van der Waals surface area contributed by atoms with Crippen LogP contribution in [0.2, 0.25) is 0 Å². The maximum atomic E-state index is 14.7. The van der Waals surface area contributed by atoms with Crippen LogP contribution in [0.3, 0.4) is 0 Å². The van der Waals surface area contributed by atoms with Gasteiger partial charge in [0.2, 0.25) is 11.8 Å². The van der Waals surface area contributed by atoms with Crippen LogP contribution < -0.4 is 16.6 Å². The maximum Gasteiger partial charge on any atom is 0.272 e. The number of nitrogens with two attached hydrogens (primary N) is 1. The van der Waals surface area contributed by atoms with Crippen molar-refractivity contribution in [2.45, 2.75) is 38.5 Å². The molecule has 4 N–H and O–H groups in total. The van der Waals surface area contributed by atoms with E-state index in [0.29, 0.717) is 74.1 Å². The van der Waals surface area contributed by atoms with Crippen LogP contribution in [0.1, 0.15) is 53.7 Å². The highest BCUT2D eigenvalue weighted by molar-refractivity contribution is 5.95. The molecule has 1 fully saturated rings. The summed E-state index contributed by atoms with van der Waals surface area (Å²) in [7, 11) is 0. The molecular weight excluding hydrogens is 515 g/mol. The molecule has 0 saturated carbocycles. The normalized spacial score (nSPS) is 13.4. The molecule has 0 unspecified atom stereocenters. The third-order valence-corrected chi connectivity index (χ3v) is 7.07. The fraction of sp³-hybridized carbons (Fsp3) is 0.414. The number of H-pyrrole nitrogens is 1. The summed E-state index contributed by atoms with van der Waals surface area (Å²) in [6.45, 7) is 2.47. The minimum atomic E-state index is -0.618. The molecule has 11 heteroatoms. The fourth-order valence-electron chi connectivity index (χ4n) is 4.82. The highest BCUT2D eigenvalue weighted by Crippen LogP contribution is 2.20. The first-order chi connectivity index (χ1) is 19.4. The summed E-state index contributed by atoms with van der Waals surface area (Å²) in [4.78, 5) is 53.0. The molecule has 2 heterocycles. The fourth-order valence-corrected chi connectivity index (χ4v) is 4.82. The summed E-state index contributed by atoms with van der Waals surface area (Å²) in [6.07, 6.45) is 3.00. The van der Waals surface area contributed by atoms with Crippen molar-refractivity contribution in [2.75, 3.05) is 39.3 Å². The number of amides is 3. The Labute approximate surface area is 231 Å². The Morgan fingerprint density at radius 1 is 0.950 bits per heavy atom. The molecule has 1 aliphatic heterocycles. The highest BCUT2D eigenvalue weighted by Gasteiger charge is 2.26. The van der Waals surface area contributed by atoms with E-state index in [-0.39, 0.29) is 35.8 Å². The van der Waals surface area contributed by atoms with Gasteiger partial charge in [0.25, 0.3) is 11.5 Å². The Morgan fingerprint density at radius 3 is 2.42 bits per heavy atom. The third-order valence-electron chi connectivity index (χ3n) is 7.07. The van der Waals surface area contributed by atoms with E-state index in [1.807, 2.05) is 12.1 Å². The molecular formula is C29H35FN6O4. The second-order valence-electron chi connectivity index (χ2n) is 9.91. The number of carbonyl (C=O) groups is 3. The molecule has 3 aromatic rings. The SMILES string of the molecule is NCCCCNC(=O)CCCC(=O)N1CCN(C(=O)c2cc(Cc3n[nH]c(=O)c4ccccc34)ccc2F)CC1. The van der Waals surface area contributed by atoms with Crippen LogP contribution >= 0.6 is 0 Å². The van der Waals surface area contributed by atoms with Crippen LogP contribution in [0.4, 0.5) is 4.39 Å². The van der Waals surface area contributed by atoms with Crippen molar-refractivity contribution in [2.24, 2.45) is 5.73 Å². The monoisotopic (exact) mass is 550 g/mol. The van der Waals surface area contributed by atoms with Gasteiger partial charge in [0.05, 0.1) is 16.6 Å². The summed E-state index contributed by atoms with van der Waals surface area (Å²) in [5.74, 6) is -1.18. The number of hydrogen-bond acceptors (Lipinski definition) is 6. The molecule has 2 aromatic carbocycles. The van der Waals surface area contributed by atoms with Gasteiger partial charge in [-0.15, -0.1) is 0 Å². The lowest BCUT2D eigenvalue weighted by atomic mass is 10.0. The number of rotatable bonds is 11. The van der Waals surface area contributed by atoms with Gasteiger partial charge in [0.1, 0.15) is 5.82 Å². The Morgan fingerprint density at radius 2 is 1.68 bits per heavy atom. The molecule has 0 radical (unpaired) electrons. The quantitative estimate of drug-likeness (QED) is 0.312. The molecule has 40 heavy (non-hydrogen) atoms. The lowest BCUT2D eigenvalue weighted by Crippen LogP contribution is -2.50. The van der Waals surface area contributed by atoms with Crippen molar-refractivity contribution in [3.05, 3.63) is 75.5 Å². The number of aromatic nitrogens is 2. The molecule has 0 atom stereocenters. The molecule has 4 rings (SSSR count). The van der Waals surface area contributed by atoms with Crippen LogP contribution in [0.25, 0.3) is 10.8 Å². The molecule has 0 spiro atoms. The Hall–Kier alpha value is -4.12. The summed E-state index contributed by atoms with van der Waals surface area (Å²) in [5.41, 5.74) is 6.42. The first-order valence-electron chi connectivity index (χ1n) is 13.7. The van der Waals surface area contributed by atoms with Gasteiger partial charge < -0.3 is 20.9 Å². The van der Waals surface area contributed by atoms with E-state index < -0.39 is 11.7 Å². The second-order valence-corrected chi connectivity index (χ2v) is 9.91. The number of fused-ring (bicyclic) bond motifs is 1. The van der Waals surface area contributed by atoms with E-state index in [1.54, 1.807) is 28.0 Å². The Bertz CT molecular complexity index is 1420. The van der Waals surface area contributed by atoms with Crippen molar-refractivity contribution in [1.29, 1.82) is 0 Å². The minimum Gasteiger partial charge on any atom is -0.356 e. The summed E-state index contributed by atoms with van der Waals surface area (Å²) in [5, 5.41) is 10.7.